The zero-order valence-corrected chi connectivity index (χ0v) is 14.1. The van der Waals surface area contributed by atoms with Crippen LogP contribution in [0, 0.1) is 13.7 Å². The molecule has 0 atom stereocenters. The first-order valence-electron chi connectivity index (χ1n) is 6.25. The number of hydrogen-bond donors (Lipinski definition) is 2. The minimum Gasteiger partial charge on any atom is -0.385 e. The van der Waals surface area contributed by atoms with Gasteiger partial charge in [0, 0.05) is 33.6 Å². The molecule has 0 amide bonds. The van der Waals surface area contributed by atoms with Gasteiger partial charge in [-0.15, -0.1) is 0 Å². The number of halogens is 2. The van der Waals surface area contributed by atoms with E-state index in [0.29, 0.717) is 28.6 Å². The summed E-state index contributed by atoms with van der Waals surface area (Å²) in [6.45, 7) is 2.62. The van der Waals surface area contributed by atoms with E-state index >= 15 is 0 Å². The largest absolute Gasteiger partial charge is 0.385 e. The van der Waals surface area contributed by atoms with E-state index in [4.69, 9.17) is 11.6 Å². The highest BCUT2D eigenvalue weighted by Crippen LogP contribution is 2.30. The Morgan fingerprint density at radius 3 is 2.57 bits per heavy atom. The summed E-state index contributed by atoms with van der Waals surface area (Å²) in [6.07, 6.45) is 0. The summed E-state index contributed by atoms with van der Waals surface area (Å²) in [7, 11) is 0. The van der Waals surface area contributed by atoms with E-state index in [0.717, 1.165) is 3.57 Å². The molecule has 0 aromatic heterocycles. The van der Waals surface area contributed by atoms with Crippen molar-refractivity contribution in [3.63, 3.8) is 0 Å². The highest BCUT2D eigenvalue weighted by atomic mass is 127. The van der Waals surface area contributed by atoms with Gasteiger partial charge in [0.1, 0.15) is 0 Å². The molecule has 7 heteroatoms. The third-order valence-corrected chi connectivity index (χ3v) is 3.70. The molecule has 0 aliphatic carbocycles. The van der Waals surface area contributed by atoms with Gasteiger partial charge in [0.15, 0.2) is 0 Å². The molecule has 0 radical (unpaired) electrons. The van der Waals surface area contributed by atoms with Gasteiger partial charge in [-0.3, -0.25) is 10.1 Å². The van der Waals surface area contributed by atoms with Gasteiger partial charge in [0.05, 0.1) is 15.6 Å². The average molecular weight is 418 g/mol. The van der Waals surface area contributed by atoms with Crippen LogP contribution in [0.1, 0.15) is 6.92 Å². The van der Waals surface area contributed by atoms with Gasteiger partial charge < -0.3 is 10.6 Å². The van der Waals surface area contributed by atoms with Crippen molar-refractivity contribution in [3.8, 4) is 0 Å². The van der Waals surface area contributed by atoms with Gasteiger partial charge in [-0.1, -0.05) is 11.6 Å². The third-order valence-electron chi connectivity index (χ3n) is 2.72. The Hall–Kier alpha value is -1.54. The molecule has 0 unspecified atom stereocenters. The first kappa shape index (κ1) is 15.8. The molecule has 2 rings (SSSR count). The number of nitro groups is 1. The molecule has 0 bridgehead atoms. The van der Waals surface area contributed by atoms with Crippen LogP contribution < -0.4 is 10.6 Å². The lowest BCUT2D eigenvalue weighted by Crippen LogP contribution is -2.00. The zero-order chi connectivity index (χ0) is 15.4. The molecule has 0 saturated heterocycles. The molecule has 0 aliphatic rings. The lowest BCUT2D eigenvalue weighted by Gasteiger charge is -2.11. The molecule has 0 aliphatic heterocycles. The number of nitrogens with one attached hydrogen (secondary N) is 2. The maximum atomic E-state index is 11.0. The molecule has 0 spiro atoms. The molecule has 0 fully saturated rings. The Bertz CT molecular complexity index is 679. The molecular formula is C14H13ClIN3O2. The summed E-state index contributed by atoms with van der Waals surface area (Å²) in [5.74, 6) is 0. The predicted octanol–water partition coefficient (Wildman–Crippen LogP) is 5.03. The van der Waals surface area contributed by atoms with Crippen molar-refractivity contribution < 1.29 is 4.92 Å². The highest BCUT2D eigenvalue weighted by molar-refractivity contribution is 14.1. The fraction of sp³-hybridized carbons (Fsp3) is 0.143. The maximum Gasteiger partial charge on any atom is 0.273 e. The minimum atomic E-state index is -0.415. The first-order valence-corrected chi connectivity index (χ1v) is 7.70. The highest BCUT2D eigenvalue weighted by Gasteiger charge is 2.10. The van der Waals surface area contributed by atoms with Crippen molar-refractivity contribution in [2.45, 2.75) is 6.92 Å². The number of nitrogens with zero attached hydrogens (tertiary/aromatic N) is 1. The van der Waals surface area contributed by atoms with Crippen molar-refractivity contribution in [2.24, 2.45) is 0 Å². The Morgan fingerprint density at radius 1 is 1.24 bits per heavy atom. The average Bonchev–Trinajstić information content (AvgIpc) is 2.42. The molecule has 2 aromatic carbocycles. The van der Waals surface area contributed by atoms with E-state index in [1.165, 1.54) is 12.1 Å². The van der Waals surface area contributed by atoms with Crippen LogP contribution in [0.25, 0.3) is 0 Å². The van der Waals surface area contributed by atoms with E-state index < -0.39 is 4.92 Å². The normalized spacial score (nSPS) is 10.2. The molecule has 5 nitrogen and oxygen atoms in total. The van der Waals surface area contributed by atoms with Gasteiger partial charge in [-0.05, 0) is 53.8 Å². The Kier molecular flexibility index (Phi) is 5.24. The van der Waals surface area contributed by atoms with Crippen molar-refractivity contribution in [1.82, 2.24) is 0 Å². The van der Waals surface area contributed by atoms with Crippen molar-refractivity contribution in [2.75, 3.05) is 17.2 Å². The van der Waals surface area contributed by atoms with Crippen LogP contribution in [-0.4, -0.2) is 11.5 Å². The van der Waals surface area contributed by atoms with Crippen LogP contribution in [0.15, 0.2) is 36.4 Å². The molecule has 2 aromatic rings. The fourth-order valence-electron chi connectivity index (χ4n) is 1.84. The van der Waals surface area contributed by atoms with Crippen LogP contribution in [0.4, 0.5) is 22.7 Å². The van der Waals surface area contributed by atoms with Crippen LogP contribution in [0.5, 0.6) is 0 Å². The minimum absolute atomic E-state index is 0.0255. The maximum absolute atomic E-state index is 11.0. The fourth-order valence-corrected chi connectivity index (χ4v) is 2.74. The van der Waals surface area contributed by atoms with E-state index in [9.17, 15) is 10.1 Å². The van der Waals surface area contributed by atoms with Crippen LogP contribution >= 0.6 is 34.2 Å². The molecule has 2 N–H and O–H groups in total. The van der Waals surface area contributed by atoms with E-state index in [1.54, 1.807) is 0 Å². The molecular weight excluding hydrogens is 405 g/mol. The van der Waals surface area contributed by atoms with Crippen molar-refractivity contribution >= 4 is 56.9 Å². The van der Waals surface area contributed by atoms with Gasteiger partial charge in [0.25, 0.3) is 5.69 Å². The van der Waals surface area contributed by atoms with E-state index in [1.807, 2.05) is 31.2 Å². The Labute approximate surface area is 141 Å². The smallest absolute Gasteiger partial charge is 0.273 e. The summed E-state index contributed by atoms with van der Waals surface area (Å²) >= 11 is 8.34. The number of non-ortho nitro benzene ring substituents is 1. The lowest BCUT2D eigenvalue weighted by atomic mass is 10.2. The van der Waals surface area contributed by atoms with Gasteiger partial charge >= 0.3 is 0 Å². The summed E-state index contributed by atoms with van der Waals surface area (Å²) < 4.78 is 1.02. The third kappa shape index (κ3) is 4.21. The van der Waals surface area contributed by atoms with Gasteiger partial charge in [-0.25, -0.2) is 0 Å². The van der Waals surface area contributed by atoms with Crippen molar-refractivity contribution in [3.05, 3.63) is 55.1 Å². The second-order valence-corrected chi connectivity index (χ2v) is 5.96. The number of hydrogen-bond acceptors (Lipinski definition) is 4. The summed E-state index contributed by atoms with van der Waals surface area (Å²) in [5, 5.41) is 17.8. The van der Waals surface area contributed by atoms with Gasteiger partial charge in [0.2, 0.25) is 0 Å². The SMILES string of the molecule is CCNc1cc(Nc2ccc(I)cc2Cl)cc([N+](=O)[O-])c1. The van der Waals surface area contributed by atoms with Gasteiger partial charge in [-0.2, -0.15) is 0 Å². The molecule has 0 saturated carbocycles. The Balaban J connectivity index is 2.36. The number of nitro benzene ring substituents is 1. The first-order chi connectivity index (χ1) is 9.99. The number of rotatable bonds is 5. The van der Waals surface area contributed by atoms with E-state index in [2.05, 4.69) is 33.2 Å². The topological polar surface area (TPSA) is 67.2 Å². The number of anilines is 3. The van der Waals surface area contributed by atoms with Crippen molar-refractivity contribution in [1.29, 1.82) is 0 Å². The van der Waals surface area contributed by atoms with Crippen LogP contribution in [-0.2, 0) is 0 Å². The monoisotopic (exact) mass is 417 g/mol. The van der Waals surface area contributed by atoms with Crippen LogP contribution in [0.2, 0.25) is 5.02 Å². The van der Waals surface area contributed by atoms with Crippen LogP contribution in [0.3, 0.4) is 0 Å². The standard InChI is InChI=1S/C14H13ClIN3O2/c1-2-17-10-6-11(8-12(7-10)19(20)21)18-14-4-3-9(16)5-13(14)15/h3-8,17-18H,2H2,1H3. The zero-order valence-electron chi connectivity index (χ0n) is 11.2. The summed E-state index contributed by atoms with van der Waals surface area (Å²) in [4.78, 5) is 10.6. The second-order valence-electron chi connectivity index (χ2n) is 4.31. The predicted molar refractivity (Wildman–Crippen MR) is 94.7 cm³/mol. The summed E-state index contributed by atoms with van der Waals surface area (Å²) in [5.41, 5.74) is 2.04. The van der Waals surface area contributed by atoms with E-state index in [-0.39, 0.29) is 5.69 Å². The Morgan fingerprint density at radius 2 is 1.95 bits per heavy atom. The molecule has 21 heavy (non-hydrogen) atoms. The lowest BCUT2D eigenvalue weighted by molar-refractivity contribution is -0.384. The molecule has 110 valence electrons. The quantitative estimate of drug-likeness (QED) is 0.407. The number of benzene rings is 2. The summed E-state index contributed by atoms with van der Waals surface area (Å²) in [6, 6.07) is 10.4. The molecule has 0 heterocycles. The second kappa shape index (κ2) is 6.95.